The van der Waals surface area contributed by atoms with E-state index < -0.39 is 0 Å². The maximum atomic E-state index is 5.72. The maximum Gasteiger partial charge on any atom is 0.196 e. The van der Waals surface area contributed by atoms with Crippen LogP contribution in [0, 0.1) is 0 Å². The molecule has 2 aliphatic rings. The fraction of sp³-hybridized carbons (Fsp3) is 0.429. The van der Waals surface area contributed by atoms with Crippen LogP contribution in [0.3, 0.4) is 0 Å². The van der Waals surface area contributed by atoms with E-state index in [-0.39, 0.29) is 0 Å². The third-order valence-corrected chi connectivity index (χ3v) is 4.60. The summed E-state index contributed by atoms with van der Waals surface area (Å²) in [5.41, 5.74) is 6.52. The number of benzene rings is 1. The minimum Gasteiger partial charge on any atom is -0.399 e. The Hall–Kier alpha value is -1.49. The molecule has 2 aliphatic carbocycles. The summed E-state index contributed by atoms with van der Waals surface area (Å²) in [5, 5.41) is 9.86. The SMILES string of the molecule is Nc1ccc(Sc2nnc(C3CC3)n2C2CC2)cc1. The molecule has 4 nitrogen and oxygen atoms in total. The molecule has 0 atom stereocenters. The van der Waals surface area contributed by atoms with Gasteiger partial charge in [0.05, 0.1) is 0 Å². The van der Waals surface area contributed by atoms with Gasteiger partial charge < -0.3 is 10.3 Å². The Morgan fingerprint density at radius 3 is 2.42 bits per heavy atom. The minimum atomic E-state index is 0.641. The number of nitrogens with two attached hydrogens (primary N) is 1. The summed E-state index contributed by atoms with van der Waals surface area (Å²) in [6.45, 7) is 0. The van der Waals surface area contributed by atoms with E-state index in [9.17, 15) is 0 Å². The topological polar surface area (TPSA) is 56.7 Å². The smallest absolute Gasteiger partial charge is 0.196 e. The zero-order chi connectivity index (χ0) is 12.8. The van der Waals surface area contributed by atoms with Gasteiger partial charge in [0.15, 0.2) is 5.16 Å². The van der Waals surface area contributed by atoms with Gasteiger partial charge in [0, 0.05) is 22.5 Å². The quantitative estimate of drug-likeness (QED) is 0.868. The van der Waals surface area contributed by atoms with E-state index >= 15 is 0 Å². The highest BCUT2D eigenvalue weighted by Gasteiger charge is 2.36. The summed E-state index contributed by atoms with van der Waals surface area (Å²) in [6, 6.07) is 8.59. The lowest BCUT2D eigenvalue weighted by Gasteiger charge is -2.08. The first-order valence-electron chi connectivity index (χ1n) is 6.79. The average Bonchev–Trinajstić information content (AvgIpc) is 3.32. The van der Waals surface area contributed by atoms with Crippen LogP contribution >= 0.6 is 11.8 Å². The molecule has 19 heavy (non-hydrogen) atoms. The number of nitrogen functional groups attached to an aromatic ring is 1. The van der Waals surface area contributed by atoms with E-state index in [1.807, 2.05) is 24.3 Å². The maximum absolute atomic E-state index is 5.72. The number of hydrogen-bond acceptors (Lipinski definition) is 4. The van der Waals surface area contributed by atoms with Gasteiger partial charge in [-0.15, -0.1) is 10.2 Å². The molecule has 0 spiro atoms. The predicted molar refractivity (Wildman–Crippen MR) is 75.2 cm³/mol. The molecule has 5 heteroatoms. The number of hydrogen-bond donors (Lipinski definition) is 1. The number of aromatic nitrogens is 3. The van der Waals surface area contributed by atoms with Crippen LogP contribution < -0.4 is 5.73 Å². The molecule has 0 bridgehead atoms. The highest BCUT2D eigenvalue weighted by atomic mass is 32.2. The highest BCUT2D eigenvalue weighted by Crippen LogP contribution is 2.46. The molecule has 0 saturated heterocycles. The Labute approximate surface area is 116 Å². The van der Waals surface area contributed by atoms with E-state index in [4.69, 9.17) is 5.73 Å². The summed E-state index contributed by atoms with van der Waals surface area (Å²) >= 11 is 1.69. The van der Waals surface area contributed by atoms with Crippen LogP contribution in [-0.4, -0.2) is 14.8 Å². The molecule has 2 saturated carbocycles. The first-order chi connectivity index (χ1) is 9.31. The zero-order valence-corrected chi connectivity index (χ0v) is 11.4. The van der Waals surface area contributed by atoms with Crippen LogP contribution in [0.5, 0.6) is 0 Å². The van der Waals surface area contributed by atoms with Gasteiger partial charge in [-0.3, -0.25) is 0 Å². The third kappa shape index (κ3) is 2.23. The predicted octanol–water partition coefficient (Wildman–Crippen LogP) is 3.22. The van der Waals surface area contributed by atoms with Crippen LogP contribution in [0.1, 0.15) is 43.5 Å². The van der Waals surface area contributed by atoms with E-state index in [2.05, 4.69) is 14.8 Å². The summed E-state index contributed by atoms with van der Waals surface area (Å²) in [5.74, 6) is 1.87. The van der Waals surface area contributed by atoms with Gasteiger partial charge in [0.25, 0.3) is 0 Å². The van der Waals surface area contributed by atoms with Crippen molar-refractivity contribution in [1.82, 2.24) is 14.8 Å². The van der Waals surface area contributed by atoms with Crippen molar-refractivity contribution in [2.45, 2.75) is 47.7 Å². The van der Waals surface area contributed by atoms with Crippen molar-refractivity contribution in [3.63, 3.8) is 0 Å². The van der Waals surface area contributed by atoms with Crippen molar-refractivity contribution in [3.8, 4) is 0 Å². The molecule has 0 unspecified atom stereocenters. The molecule has 2 fully saturated rings. The van der Waals surface area contributed by atoms with Crippen molar-refractivity contribution < 1.29 is 0 Å². The van der Waals surface area contributed by atoms with Gasteiger partial charge >= 0.3 is 0 Å². The standard InChI is InChI=1S/C14H16N4S/c15-10-3-7-12(8-4-10)19-14-17-16-13(9-1-2-9)18(14)11-5-6-11/h3-4,7-9,11H,1-2,5-6,15H2. The van der Waals surface area contributed by atoms with E-state index in [1.165, 1.54) is 36.4 Å². The van der Waals surface area contributed by atoms with Crippen molar-refractivity contribution in [2.75, 3.05) is 5.73 Å². The summed E-state index contributed by atoms with van der Waals surface area (Å²) < 4.78 is 2.37. The van der Waals surface area contributed by atoms with Crippen molar-refractivity contribution in [1.29, 1.82) is 0 Å². The minimum absolute atomic E-state index is 0.641. The van der Waals surface area contributed by atoms with E-state index in [1.54, 1.807) is 11.8 Å². The summed E-state index contributed by atoms with van der Waals surface area (Å²) in [6.07, 6.45) is 5.09. The monoisotopic (exact) mass is 272 g/mol. The zero-order valence-electron chi connectivity index (χ0n) is 10.6. The molecule has 98 valence electrons. The Morgan fingerprint density at radius 2 is 1.79 bits per heavy atom. The van der Waals surface area contributed by atoms with Crippen LogP contribution in [0.15, 0.2) is 34.3 Å². The Balaban J connectivity index is 1.65. The van der Waals surface area contributed by atoms with Crippen molar-refractivity contribution in [3.05, 3.63) is 30.1 Å². The number of nitrogens with zero attached hydrogens (tertiary/aromatic N) is 3. The van der Waals surface area contributed by atoms with Gasteiger partial charge in [-0.05, 0) is 61.7 Å². The van der Waals surface area contributed by atoms with Gasteiger partial charge in [0.1, 0.15) is 5.82 Å². The number of anilines is 1. The van der Waals surface area contributed by atoms with Crippen molar-refractivity contribution in [2.24, 2.45) is 0 Å². The Morgan fingerprint density at radius 1 is 1.05 bits per heavy atom. The molecule has 1 aromatic carbocycles. The van der Waals surface area contributed by atoms with E-state index in [0.717, 1.165) is 10.8 Å². The van der Waals surface area contributed by atoms with Crippen LogP contribution in [0.4, 0.5) is 5.69 Å². The average molecular weight is 272 g/mol. The molecular formula is C14H16N4S. The molecule has 0 radical (unpaired) electrons. The Bertz CT molecular complexity index is 596. The van der Waals surface area contributed by atoms with Crippen LogP contribution in [0.25, 0.3) is 0 Å². The molecule has 2 N–H and O–H groups in total. The third-order valence-electron chi connectivity index (χ3n) is 3.63. The van der Waals surface area contributed by atoms with Gasteiger partial charge in [-0.25, -0.2) is 0 Å². The van der Waals surface area contributed by atoms with Gasteiger partial charge in [-0.1, -0.05) is 0 Å². The Kier molecular flexibility index (Phi) is 2.55. The molecule has 0 amide bonds. The van der Waals surface area contributed by atoms with E-state index in [0.29, 0.717) is 12.0 Å². The van der Waals surface area contributed by atoms with Crippen molar-refractivity contribution >= 4 is 17.4 Å². The second-order valence-corrected chi connectivity index (χ2v) is 6.43. The lowest BCUT2D eigenvalue weighted by atomic mass is 10.3. The lowest BCUT2D eigenvalue weighted by Crippen LogP contribution is -2.01. The first kappa shape index (κ1) is 11.3. The fourth-order valence-corrected chi connectivity index (χ4v) is 3.20. The second kappa shape index (κ2) is 4.27. The molecule has 4 rings (SSSR count). The van der Waals surface area contributed by atoms with Crippen LogP contribution in [-0.2, 0) is 0 Å². The largest absolute Gasteiger partial charge is 0.399 e. The van der Waals surface area contributed by atoms with Crippen LogP contribution in [0.2, 0.25) is 0 Å². The second-order valence-electron chi connectivity index (χ2n) is 5.39. The molecular weight excluding hydrogens is 256 g/mol. The summed E-state index contributed by atoms with van der Waals surface area (Å²) in [7, 11) is 0. The lowest BCUT2D eigenvalue weighted by molar-refractivity contribution is 0.627. The highest BCUT2D eigenvalue weighted by molar-refractivity contribution is 7.99. The number of rotatable bonds is 4. The van der Waals surface area contributed by atoms with Gasteiger partial charge in [0.2, 0.25) is 0 Å². The molecule has 2 aromatic rings. The first-order valence-corrected chi connectivity index (χ1v) is 7.61. The summed E-state index contributed by atoms with van der Waals surface area (Å²) in [4.78, 5) is 1.17. The molecule has 1 heterocycles. The normalized spacial score (nSPS) is 18.7. The fourth-order valence-electron chi connectivity index (χ4n) is 2.30. The van der Waals surface area contributed by atoms with Gasteiger partial charge in [-0.2, -0.15) is 0 Å². The molecule has 1 aromatic heterocycles. The molecule has 0 aliphatic heterocycles.